The van der Waals surface area contributed by atoms with Crippen molar-refractivity contribution in [1.82, 2.24) is 10.4 Å². The summed E-state index contributed by atoms with van der Waals surface area (Å²) in [5.74, 6) is -3.76. The first-order valence-corrected chi connectivity index (χ1v) is 6.52. The molecule has 2 amide bonds. The number of urea groups is 1. The summed E-state index contributed by atoms with van der Waals surface area (Å²) in [6.07, 6.45) is 3.00. The van der Waals surface area contributed by atoms with Crippen LogP contribution >= 0.6 is 0 Å². The molecule has 0 bridgehead atoms. The number of rotatable bonds is 3. The van der Waals surface area contributed by atoms with Crippen LogP contribution in [-0.2, 0) is 0 Å². The van der Waals surface area contributed by atoms with Gasteiger partial charge in [0.15, 0.2) is 0 Å². The van der Waals surface area contributed by atoms with Gasteiger partial charge in [0.05, 0.1) is 11.3 Å². The Bertz CT molecular complexity index is 560. The van der Waals surface area contributed by atoms with Crippen LogP contribution in [0.1, 0.15) is 29.6 Å². The second-order valence-corrected chi connectivity index (χ2v) is 4.73. The van der Waals surface area contributed by atoms with Gasteiger partial charge in [-0.3, -0.25) is 5.43 Å². The number of carboxylic acids is 1. The van der Waals surface area contributed by atoms with E-state index in [9.17, 15) is 18.4 Å². The maximum Gasteiger partial charge on any atom is 0.338 e. The fourth-order valence-corrected chi connectivity index (χ4v) is 2.11. The molecule has 3 N–H and O–H groups in total. The van der Waals surface area contributed by atoms with E-state index in [2.05, 4.69) is 10.7 Å². The first-order chi connectivity index (χ1) is 9.97. The normalized spacial score (nSPS) is 15.5. The van der Waals surface area contributed by atoms with Crippen molar-refractivity contribution in [3.63, 3.8) is 0 Å². The Morgan fingerprint density at radius 3 is 2.38 bits per heavy atom. The van der Waals surface area contributed by atoms with Crippen molar-refractivity contribution in [1.29, 1.82) is 0 Å². The molecule has 8 heteroatoms. The summed E-state index contributed by atoms with van der Waals surface area (Å²) >= 11 is 0. The summed E-state index contributed by atoms with van der Waals surface area (Å²) in [5.41, 5.74) is 1.44. The molecular weight excluding hydrogens is 284 g/mol. The van der Waals surface area contributed by atoms with Crippen LogP contribution in [0.25, 0.3) is 0 Å². The Balaban J connectivity index is 2.06. The number of carbonyl (C=O) groups is 2. The molecule has 21 heavy (non-hydrogen) atoms. The van der Waals surface area contributed by atoms with E-state index in [4.69, 9.17) is 5.11 Å². The number of hydrogen-bond acceptors (Lipinski definition) is 3. The minimum absolute atomic E-state index is 0.386. The van der Waals surface area contributed by atoms with Gasteiger partial charge in [-0.25, -0.2) is 23.4 Å². The van der Waals surface area contributed by atoms with E-state index in [1.165, 1.54) is 0 Å². The standard InChI is InChI=1S/C13H15F2N3O3/c14-9-7-10(15)11(6-8(9)12(19)20)16-13(21)17-18-4-2-1-3-5-18/h6-7H,1-5H2,(H,19,20)(H2,16,17,21). The summed E-state index contributed by atoms with van der Waals surface area (Å²) in [6, 6.07) is 0.488. The lowest BCUT2D eigenvalue weighted by molar-refractivity contribution is 0.0691. The smallest absolute Gasteiger partial charge is 0.338 e. The predicted molar refractivity (Wildman–Crippen MR) is 70.9 cm³/mol. The largest absolute Gasteiger partial charge is 0.478 e. The van der Waals surface area contributed by atoms with Gasteiger partial charge in [0.1, 0.15) is 11.6 Å². The van der Waals surface area contributed by atoms with E-state index in [1.54, 1.807) is 5.01 Å². The molecule has 1 aromatic rings. The van der Waals surface area contributed by atoms with Crippen LogP contribution in [0.2, 0.25) is 0 Å². The average Bonchev–Trinajstić information content (AvgIpc) is 2.42. The average molecular weight is 299 g/mol. The number of nitrogens with one attached hydrogen (secondary N) is 2. The highest BCUT2D eigenvalue weighted by atomic mass is 19.1. The van der Waals surface area contributed by atoms with E-state index < -0.39 is 29.2 Å². The minimum Gasteiger partial charge on any atom is -0.478 e. The molecule has 1 heterocycles. The van der Waals surface area contributed by atoms with Crippen LogP contribution in [0.15, 0.2) is 12.1 Å². The fourth-order valence-electron chi connectivity index (χ4n) is 2.11. The molecule has 6 nitrogen and oxygen atoms in total. The van der Waals surface area contributed by atoms with Crippen molar-refractivity contribution in [3.8, 4) is 0 Å². The highest BCUT2D eigenvalue weighted by molar-refractivity contribution is 5.93. The van der Waals surface area contributed by atoms with E-state index in [0.29, 0.717) is 19.2 Å². The van der Waals surface area contributed by atoms with Gasteiger partial charge in [-0.15, -0.1) is 0 Å². The lowest BCUT2D eigenvalue weighted by Gasteiger charge is -2.26. The predicted octanol–water partition coefficient (Wildman–Crippen LogP) is 2.19. The number of anilines is 1. The van der Waals surface area contributed by atoms with Gasteiger partial charge >= 0.3 is 12.0 Å². The number of carbonyl (C=O) groups excluding carboxylic acids is 1. The topological polar surface area (TPSA) is 81.7 Å². The minimum atomic E-state index is -1.54. The molecule has 1 aromatic carbocycles. The maximum absolute atomic E-state index is 13.5. The monoisotopic (exact) mass is 299 g/mol. The number of aromatic carboxylic acids is 1. The molecule has 0 unspecified atom stereocenters. The van der Waals surface area contributed by atoms with Crippen LogP contribution in [0.4, 0.5) is 19.3 Å². The maximum atomic E-state index is 13.5. The Morgan fingerprint density at radius 2 is 1.76 bits per heavy atom. The summed E-state index contributed by atoms with van der Waals surface area (Å²) < 4.78 is 26.8. The van der Waals surface area contributed by atoms with Crippen LogP contribution in [-0.4, -0.2) is 35.2 Å². The zero-order valence-electron chi connectivity index (χ0n) is 11.2. The van der Waals surface area contributed by atoms with Crippen molar-refractivity contribution < 1.29 is 23.5 Å². The van der Waals surface area contributed by atoms with Crippen LogP contribution < -0.4 is 10.7 Å². The Kier molecular flexibility index (Phi) is 4.69. The first kappa shape index (κ1) is 15.2. The summed E-state index contributed by atoms with van der Waals surface area (Å²) in [4.78, 5) is 22.5. The zero-order valence-corrected chi connectivity index (χ0v) is 11.2. The molecule has 2 rings (SSSR count). The number of nitrogens with zero attached hydrogens (tertiary/aromatic N) is 1. The molecule has 1 fully saturated rings. The van der Waals surface area contributed by atoms with E-state index in [0.717, 1.165) is 25.3 Å². The Hall–Kier alpha value is -2.22. The van der Waals surface area contributed by atoms with Gasteiger partial charge in [0.25, 0.3) is 0 Å². The van der Waals surface area contributed by atoms with E-state index in [-0.39, 0.29) is 5.69 Å². The molecule has 1 saturated heterocycles. The number of halogens is 2. The molecule has 0 radical (unpaired) electrons. The Labute approximate surface area is 119 Å². The number of carboxylic acid groups (broad SMARTS) is 1. The third kappa shape index (κ3) is 3.88. The van der Waals surface area contributed by atoms with E-state index in [1.807, 2.05) is 0 Å². The second kappa shape index (κ2) is 6.49. The number of benzene rings is 1. The van der Waals surface area contributed by atoms with Crippen LogP contribution in [0, 0.1) is 11.6 Å². The zero-order chi connectivity index (χ0) is 15.4. The number of amides is 2. The molecule has 0 aliphatic carbocycles. The lowest BCUT2D eigenvalue weighted by Crippen LogP contribution is -2.46. The number of hydrogen-bond donors (Lipinski definition) is 3. The van der Waals surface area contributed by atoms with Crippen molar-refractivity contribution in [3.05, 3.63) is 29.3 Å². The number of hydrazine groups is 1. The molecule has 1 aliphatic heterocycles. The molecule has 1 aliphatic rings. The first-order valence-electron chi connectivity index (χ1n) is 6.52. The van der Waals surface area contributed by atoms with Crippen molar-refractivity contribution in [2.24, 2.45) is 0 Å². The molecule has 0 spiro atoms. The van der Waals surface area contributed by atoms with Gasteiger partial charge < -0.3 is 10.4 Å². The molecule has 0 aromatic heterocycles. The van der Waals surface area contributed by atoms with Crippen molar-refractivity contribution in [2.75, 3.05) is 18.4 Å². The van der Waals surface area contributed by atoms with Crippen molar-refractivity contribution >= 4 is 17.7 Å². The molecule has 0 atom stereocenters. The molecule has 114 valence electrons. The lowest BCUT2D eigenvalue weighted by atomic mass is 10.2. The van der Waals surface area contributed by atoms with Gasteiger partial charge in [-0.2, -0.15) is 0 Å². The highest BCUT2D eigenvalue weighted by Gasteiger charge is 2.18. The van der Waals surface area contributed by atoms with Crippen LogP contribution in [0.5, 0.6) is 0 Å². The second-order valence-electron chi connectivity index (χ2n) is 4.73. The van der Waals surface area contributed by atoms with Gasteiger partial charge in [-0.05, 0) is 18.9 Å². The molecular formula is C13H15F2N3O3. The van der Waals surface area contributed by atoms with Crippen molar-refractivity contribution in [2.45, 2.75) is 19.3 Å². The van der Waals surface area contributed by atoms with Gasteiger partial charge in [0.2, 0.25) is 0 Å². The van der Waals surface area contributed by atoms with Gasteiger partial charge in [-0.1, -0.05) is 6.42 Å². The highest BCUT2D eigenvalue weighted by Crippen LogP contribution is 2.19. The molecule has 0 saturated carbocycles. The summed E-state index contributed by atoms with van der Waals surface area (Å²) in [5, 5.41) is 12.7. The van der Waals surface area contributed by atoms with Crippen LogP contribution in [0.3, 0.4) is 0 Å². The number of piperidine rings is 1. The fraction of sp³-hybridized carbons (Fsp3) is 0.385. The third-order valence-electron chi connectivity index (χ3n) is 3.15. The van der Waals surface area contributed by atoms with E-state index >= 15 is 0 Å². The third-order valence-corrected chi connectivity index (χ3v) is 3.15. The summed E-state index contributed by atoms with van der Waals surface area (Å²) in [6.45, 7) is 1.39. The quantitative estimate of drug-likeness (QED) is 0.799. The van der Waals surface area contributed by atoms with Gasteiger partial charge in [0, 0.05) is 19.2 Å². The Morgan fingerprint density at radius 1 is 1.10 bits per heavy atom. The SMILES string of the molecule is O=C(Nc1cc(C(=O)O)c(F)cc1F)NN1CCCCC1. The summed E-state index contributed by atoms with van der Waals surface area (Å²) in [7, 11) is 0.